The summed E-state index contributed by atoms with van der Waals surface area (Å²) in [6, 6.07) is 13.1. The van der Waals surface area contributed by atoms with Gasteiger partial charge in [-0.05, 0) is 37.0 Å². The summed E-state index contributed by atoms with van der Waals surface area (Å²) in [6.07, 6.45) is 0.873. The molecule has 1 saturated carbocycles. The maximum Gasteiger partial charge on any atom is 0.243 e. The Morgan fingerprint density at radius 1 is 0.935 bits per heavy atom. The average Bonchev–Trinajstić information content (AvgIpc) is 3.60. The van der Waals surface area contributed by atoms with Crippen LogP contribution >= 0.6 is 0 Å². The fraction of sp³-hybridized carbons (Fsp3) is 0.435. The summed E-state index contributed by atoms with van der Waals surface area (Å²) in [5, 5.41) is 0. The smallest absolute Gasteiger partial charge is 0.243 e. The first-order valence-corrected chi connectivity index (χ1v) is 12.1. The van der Waals surface area contributed by atoms with Gasteiger partial charge in [-0.15, -0.1) is 0 Å². The Hall–Kier alpha value is -2.58. The predicted molar refractivity (Wildman–Crippen MR) is 115 cm³/mol. The summed E-state index contributed by atoms with van der Waals surface area (Å²) in [5.41, 5.74) is 2.42. The number of benzene rings is 2. The number of fused-ring (bicyclic) bond motifs is 1. The highest BCUT2D eigenvalue weighted by Crippen LogP contribution is 2.48. The van der Waals surface area contributed by atoms with E-state index in [1.807, 2.05) is 4.90 Å². The molecule has 5 rings (SSSR count). The predicted octanol–water partition coefficient (Wildman–Crippen LogP) is 2.40. The first-order valence-electron chi connectivity index (χ1n) is 10.7. The van der Waals surface area contributed by atoms with E-state index < -0.39 is 10.0 Å². The fourth-order valence-electron chi connectivity index (χ4n) is 4.37. The number of piperazine rings is 1. The molecule has 0 aromatic heterocycles. The summed E-state index contributed by atoms with van der Waals surface area (Å²) in [7, 11) is -3.65. The van der Waals surface area contributed by atoms with Crippen LogP contribution < -0.4 is 9.47 Å². The molecule has 7 nitrogen and oxygen atoms in total. The second-order valence-corrected chi connectivity index (χ2v) is 10.3. The lowest BCUT2D eigenvalue weighted by Crippen LogP contribution is -2.51. The van der Waals surface area contributed by atoms with Crippen LogP contribution in [0, 0.1) is 12.8 Å². The fourth-order valence-corrected chi connectivity index (χ4v) is 5.80. The number of rotatable bonds is 4. The Labute approximate surface area is 182 Å². The molecule has 31 heavy (non-hydrogen) atoms. The molecule has 2 aromatic rings. The van der Waals surface area contributed by atoms with E-state index in [-0.39, 0.29) is 22.6 Å². The molecule has 164 valence electrons. The Kier molecular flexibility index (Phi) is 5.14. The van der Waals surface area contributed by atoms with Crippen LogP contribution in [0.1, 0.15) is 23.5 Å². The van der Waals surface area contributed by atoms with E-state index in [1.54, 1.807) is 12.1 Å². The number of nitrogens with zero attached hydrogens (tertiary/aromatic N) is 2. The van der Waals surface area contributed by atoms with Crippen LogP contribution in [0.15, 0.2) is 47.4 Å². The molecule has 2 unspecified atom stereocenters. The van der Waals surface area contributed by atoms with Crippen molar-refractivity contribution in [2.24, 2.45) is 5.92 Å². The second kappa shape index (κ2) is 7.84. The highest BCUT2D eigenvalue weighted by atomic mass is 32.2. The topological polar surface area (TPSA) is 76.2 Å². The van der Waals surface area contributed by atoms with Gasteiger partial charge in [0.1, 0.15) is 13.2 Å². The molecule has 1 saturated heterocycles. The Morgan fingerprint density at radius 3 is 2.32 bits per heavy atom. The van der Waals surface area contributed by atoms with Crippen molar-refractivity contribution < 1.29 is 22.7 Å². The largest absolute Gasteiger partial charge is 0.486 e. The van der Waals surface area contributed by atoms with Gasteiger partial charge in [-0.25, -0.2) is 8.42 Å². The molecule has 1 amide bonds. The average molecular weight is 443 g/mol. The number of aryl methyl sites for hydroxylation is 1. The van der Waals surface area contributed by atoms with E-state index in [0.717, 1.165) is 6.42 Å². The molecule has 0 N–H and O–H groups in total. The minimum absolute atomic E-state index is 0.0173. The number of sulfonamides is 1. The van der Waals surface area contributed by atoms with E-state index in [4.69, 9.17) is 9.47 Å². The van der Waals surface area contributed by atoms with Gasteiger partial charge in [0.2, 0.25) is 15.9 Å². The third kappa shape index (κ3) is 3.90. The number of hydrogen-bond donors (Lipinski definition) is 0. The number of hydrogen-bond acceptors (Lipinski definition) is 5. The van der Waals surface area contributed by atoms with Gasteiger partial charge in [0, 0.05) is 38.2 Å². The highest BCUT2D eigenvalue weighted by molar-refractivity contribution is 7.89. The summed E-state index contributed by atoms with van der Waals surface area (Å²) in [5.74, 6) is 1.46. The zero-order chi connectivity index (χ0) is 21.6. The molecular formula is C23H26N2O5S. The molecule has 3 aliphatic rings. The van der Waals surface area contributed by atoms with Gasteiger partial charge >= 0.3 is 0 Å². The summed E-state index contributed by atoms with van der Waals surface area (Å²) < 4.78 is 38.6. The molecule has 0 spiro atoms. The van der Waals surface area contributed by atoms with Gasteiger partial charge in [0.15, 0.2) is 11.5 Å². The van der Waals surface area contributed by atoms with Gasteiger partial charge in [-0.2, -0.15) is 4.31 Å². The van der Waals surface area contributed by atoms with Crippen molar-refractivity contribution in [1.82, 2.24) is 9.21 Å². The quantitative estimate of drug-likeness (QED) is 0.727. The van der Waals surface area contributed by atoms with Crippen molar-refractivity contribution in [1.29, 1.82) is 0 Å². The highest BCUT2D eigenvalue weighted by Gasteiger charge is 2.46. The molecule has 2 fully saturated rings. The molecule has 1 aliphatic carbocycles. The Bertz CT molecular complexity index is 1090. The first-order chi connectivity index (χ1) is 14.9. The summed E-state index contributed by atoms with van der Waals surface area (Å²) >= 11 is 0. The third-order valence-electron chi connectivity index (χ3n) is 6.31. The van der Waals surface area contributed by atoms with Crippen LogP contribution in [0.5, 0.6) is 11.5 Å². The van der Waals surface area contributed by atoms with Crippen molar-refractivity contribution in [3.05, 3.63) is 53.6 Å². The van der Waals surface area contributed by atoms with Crippen LogP contribution in [0.4, 0.5) is 0 Å². The van der Waals surface area contributed by atoms with Crippen molar-refractivity contribution >= 4 is 15.9 Å². The zero-order valence-electron chi connectivity index (χ0n) is 17.5. The minimum Gasteiger partial charge on any atom is -0.486 e. The van der Waals surface area contributed by atoms with Crippen molar-refractivity contribution in [3.8, 4) is 11.5 Å². The van der Waals surface area contributed by atoms with Crippen molar-refractivity contribution in [3.63, 3.8) is 0 Å². The molecule has 2 aliphatic heterocycles. The van der Waals surface area contributed by atoms with Gasteiger partial charge in [-0.3, -0.25) is 4.79 Å². The third-order valence-corrected chi connectivity index (χ3v) is 8.21. The van der Waals surface area contributed by atoms with Crippen LogP contribution in [0.25, 0.3) is 0 Å². The number of carbonyl (C=O) groups excluding carboxylic acids is 1. The van der Waals surface area contributed by atoms with E-state index in [9.17, 15) is 13.2 Å². The summed E-state index contributed by atoms with van der Waals surface area (Å²) in [6.45, 7) is 4.34. The van der Waals surface area contributed by atoms with E-state index in [2.05, 4.69) is 31.2 Å². The number of carbonyl (C=O) groups is 1. The van der Waals surface area contributed by atoms with Crippen molar-refractivity contribution in [2.75, 3.05) is 39.4 Å². The first kappa shape index (κ1) is 20.3. The standard InChI is InChI=1S/C23H26N2O5S/c1-16-2-4-17(5-3-16)19-15-20(19)23(26)24-8-10-25(11-9-24)31(27,28)18-6-7-21-22(14-18)30-13-12-29-21/h2-7,14,19-20H,8-13,15H2,1H3. The lowest BCUT2D eigenvalue weighted by Gasteiger charge is -2.34. The lowest BCUT2D eigenvalue weighted by molar-refractivity contribution is -0.133. The maximum absolute atomic E-state index is 13.1. The van der Waals surface area contributed by atoms with Crippen LogP contribution in [0.3, 0.4) is 0 Å². The summed E-state index contributed by atoms with van der Waals surface area (Å²) in [4.78, 5) is 14.9. The van der Waals surface area contributed by atoms with E-state index in [1.165, 1.54) is 21.5 Å². The second-order valence-electron chi connectivity index (χ2n) is 8.39. The van der Waals surface area contributed by atoms with E-state index in [0.29, 0.717) is 50.9 Å². The Balaban J connectivity index is 1.21. The minimum atomic E-state index is -3.65. The van der Waals surface area contributed by atoms with E-state index >= 15 is 0 Å². The van der Waals surface area contributed by atoms with Crippen molar-refractivity contribution in [2.45, 2.75) is 24.2 Å². The van der Waals surface area contributed by atoms with Gasteiger partial charge in [0.25, 0.3) is 0 Å². The van der Waals surface area contributed by atoms with Gasteiger partial charge < -0.3 is 14.4 Å². The normalized spacial score (nSPS) is 23.5. The van der Waals surface area contributed by atoms with Gasteiger partial charge in [0.05, 0.1) is 4.90 Å². The van der Waals surface area contributed by atoms with Crippen LogP contribution in [-0.4, -0.2) is 62.9 Å². The Morgan fingerprint density at radius 2 is 1.61 bits per heavy atom. The molecule has 0 bridgehead atoms. The molecule has 8 heteroatoms. The molecule has 2 aromatic carbocycles. The SMILES string of the molecule is Cc1ccc(C2CC2C(=O)N2CCN(S(=O)(=O)c3ccc4c(c3)OCCO4)CC2)cc1. The van der Waals surface area contributed by atoms with Crippen LogP contribution in [0.2, 0.25) is 0 Å². The maximum atomic E-state index is 13.1. The van der Waals surface area contributed by atoms with Gasteiger partial charge in [-0.1, -0.05) is 29.8 Å². The molecule has 0 radical (unpaired) electrons. The molecular weight excluding hydrogens is 416 g/mol. The lowest BCUT2D eigenvalue weighted by atomic mass is 10.1. The number of amides is 1. The van der Waals surface area contributed by atoms with Crippen LogP contribution in [-0.2, 0) is 14.8 Å². The molecule has 2 atom stereocenters. The number of ether oxygens (including phenoxy) is 2. The monoisotopic (exact) mass is 442 g/mol. The zero-order valence-corrected chi connectivity index (χ0v) is 18.3. The molecule has 2 heterocycles.